The molecule has 19 heavy (non-hydrogen) atoms. The second-order valence-electron chi connectivity index (χ2n) is 4.41. The average molecular weight is 283 g/mol. The van der Waals surface area contributed by atoms with Crippen molar-refractivity contribution >= 4 is 17.7 Å². The molecule has 1 aromatic rings. The molecule has 1 rings (SSSR count). The maximum absolute atomic E-state index is 11.6. The van der Waals surface area contributed by atoms with E-state index in [4.69, 9.17) is 0 Å². The number of nitrogens with one attached hydrogen (secondary N) is 1. The van der Waals surface area contributed by atoms with Crippen LogP contribution in [0.2, 0.25) is 0 Å². The minimum Gasteiger partial charge on any atom is -0.383 e. The van der Waals surface area contributed by atoms with E-state index in [2.05, 4.69) is 15.3 Å². The van der Waals surface area contributed by atoms with Gasteiger partial charge in [0.15, 0.2) is 0 Å². The quantitative estimate of drug-likeness (QED) is 0.776. The molecule has 1 heterocycles. The highest BCUT2D eigenvalue weighted by Crippen LogP contribution is 2.01. The number of hydrogen-bond donors (Lipinski definition) is 2. The summed E-state index contributed by atoms with van der Waals surface area (Å²) >= 11 is 1.61. The van der Waals surface area contributed by atoms with Crippen molar-refractivity contribution in [1.82, 2.24) is 15.3 Å². The van der Waals surface area contributed by atoms with E-state index in [-0.39, 0.29) is 5.91 Å². The number of carbonyl (C=O) groups is 1. The third kappa shape index (κ3) is 6.02. The van der Waals surface area contributed by atoms with Gasteiger partial charge in [0, 0.05) is 24.4 Å². The molecule has 1 amide bonds. The van der Waals surface area contributed by atoms with Gasteiger partial charge in [0.05, 0.1) is 0 Å². The molecule has 0 saturated heterocycles. The number of hydrogen-bond acceptors (Lipinski definition) is 5. The molecule has 0 aromatic carbocycles. The Kier molecular flexibility index (Phi) is 6.80. The van der Waals surface area contributed by atoms with E-state index < -0.39 is 6.10 Å². The molecule has 0 radical (unpaired) electrons. The molecule has 1 atom stereocenters. The van der Waals surface area contributed by atoms with Gasteiger partial charge < -0.3 is 10.4 Å². The zero-order valence-corrected chi connectivity index (χ0v) is 12.5. The van der Waals surface area contributed by atoms with Crippen LogP contribution in [-0.4, -0.2) is 45.6 Å². The van der Waals surface area contributed by atoms with Crippen molar-refractivity contribution in [2.75, 3.05) is 18.6 Å². The molecule has 0 bridgehead atoms. The van der Waals surface area contributed by atoms with E-state index in [0.29, 0.717) is 19.4 Å². The summed E-state index contributed by atoms with van der Waals surface area (Å²) in [7, 11) is 0. The fourth-order valence-electron chi connectivity index (χ4n) is 1.69. The Bertz CT molecular complexity index is 406. The SMILES string of the molecule is CSCCC(O)C(=O)NCCc1nc(C)cc(C)n1. The van der Waals surface area contributed by atoms with Crippen LogP contribution >= 0.6 is 11.8 Å². The third-order valence-corrected chi connectivity index (χ3v) is 3.22. The lowest BCUT2D eigenvalue weighted by molar-refractivity contribution is -0.129. The van der Waals surface area contributed by atoms with Gasteiger partial charge in [-0.25, -0.2) is 9.97 Å². The van der Waals surface area contributed by atoms with Crippen LogP contribution in [0.15, 0.2) is 6.07 Å². The molecule has 0 spiro atoms. The lowest BCUT2D eigenvalue weighted by Crippen LogP contribution is -2.36. The largest absolute Gasteiger partial charge is 0.383 e. The van der Waals surface area contributed by atoms with Gasteiger partial charge in [0.2, 0.25) is 5.91 Å². The first-order chi connectivity index (χ1) is 9.02. The number of amides is 1. The number of aliphatic hydroxyl groups is 1. The molecule has 2 N–H and O–H groups in total. The number of aromatic nitrogens is 2. The van der Waals surface area contributed by atoms with Gasteiger partial charge in [-0.15, -0.1) is 0 Å². The predicted molar refractivity (Wildman–Crippen MR) is 77.2 cm³/mol. The van der Waals surface area contributed by atoms with Gasteiger partial charge in [-0.2, -0.15) is 11.8 Å². The van der Waals surface area contributed by atoms with Gasteiger partial charge >= 0.3 is 0 Å². The van der Waals surface area contributed by atoms with Gasteiger partial charge in [0.25, 0.3) is 0 Å². The second kappa shape index (κ2) is 8.12. The first-order valence-corrected chi connectivity index (χ1v) is 7.68. The van der Waals surface area contributed by atoms with Crippen LogP contribution in [0.3, 0.4) is 0 Å². The summed E-state index contributed by atoms with van der Waals surface area (Å²) in [4.78, 5) is 20.2. The Morgan fingerprint density at radius 1 is 1.42 bits per heavy atom. The Morgan fingerprint density at radius 2 is 2.05 bits per heavy atom. The molecule has 106 valence electrons. The van der Waals surface area contributed by atoms with Crippen LogP contribution in [-0.2, 0) is 11.2 Å². The lowest BCUT2D eigenvalue weighted by atomic mass is 10.2. The molecule has 1 unspecified atom stereocenters. The second-order valence-corrected chi connectivity index (χ2v) is 5.39. The third-order valence-electron chi connectivity index (χ3n) is 2.57. The van der Waals surface area contributed by atoms with Crippen LogP contribution in [0.1, 0.15) is 23.6 Å². The fraction of sp³-hybridized carbons (Fsp3) is 0.615. The molecule has 0 fully saturated rings. The van der Waals surface area contributed by atoms with Crippen molar-refractivity contribution in [1.29, 1.82) is 0 Å². The van der Waals surface area contributed by atoms with Crippen molar-refractivity contribution in [3.05, 3.63) is 23.3 Å². The first kappa shape index (κ1) is 15.9. The summed E-state index contributed by atoms with van der Waals surface area (Å²) in [5.41, 5.74) is 1.85. The normalized spacial score (nSPS) is 12.2. The maximum atomic E-state index is 11.6. The summed E-state index contributed by atoms with van der Waals surface area (Å²) in [5, 5.41) is 12.3. The van der Waals surface area contributed by atoms with Crippen LogP contribution in [0.5, 0.6) is 0 Å². The Balaban J connectivity index is 2.35. The monoisotopic (exact) mass is 283 g/mol. The van der Waals surface area contributed by atoms with Crippen LogP contribution in [0.25, 0.3) is 0 Å². The molecule has 1 aromatic heterocycles. The number of thioether (sulfide) groups is 1. The lowest BCUT2D eigenvalue weighted by Gasteiger charge is -2.10. The van der Waals surface area contributed by atoms with Gasteiger partial charge in [-0.05, 0) is 38.3 Å². The maximum Gasteiger partial charge on any atom is 0.248 e. The Labute approximate surface area is 118 Å². The fourth-order valence-corrected chi connectivity index (χ4v) is 2.15. The van der Waals surface area contributed by atoms with Crippen molar-refractivity contribution in [3.8, 4) is 0 Å². The number of aliphatic hydroxyl groups excluding tert-OH is 1. The molecular weight excluding hydrogens is 262 g/mol. The highest BCUT2D eigenvalue weighted by molar-refractivity contribution is 7.98. The Hall–Kier alpha value is -1.14. The summed E-state index contributed by atoms with van der Waals surface area (Å²) in [6.45, 7) is 4.28. The van der Waals surface area contributed by atoms with Crippen molar-refractivity contribution in [2.24, 2.45) is 0 Å². The highest BCUT2D eigenvalue weighted by atomic mass is 32.2. The van der Waals surface area contributed by atoms with Gasteiger partial charge in [0.1, 0.15) is 11.9 Å². The van der Waals surface area contributed by atoms with Gasteiger partial charge in [-0.3, -0.25) is 4.79 Å². The molecule has 0 aliphatic carbocycles. The van der Waals surface area contributed by atoms with Crippen molar-refractivity contribution in [3.63, 3.8) is 0 Å². The van der Waals surface area contributed by atoms with E-state index >= 15 is 0 Å². The molecule has 0 saturated carbocycles. The zero-order valence-electron chi connectivity index (χ0n) is 11.6. The van der Waals surface area contributed by atoms with E-state index in [1.807, 2.05) is 26.2 Å². The van der Waals surface area contributed by atoms with E-state index in [9.17, 15) is 9.90 Å². The molecule has 6 heteroatoms. The van der Waals surface area contributed by atoms with E-state index in [1.165, 1.54) is 0 Å². The van der Waals surface area contributed by atoms with Crippen LogP contribution < -0.4 is 5.32 Å². The smallest absolute Gasteiger partial charge is 0.248 e. The van der Waals surface area contributed by atoms with Crippen molar-refractivity contribution in [2.45, 2.75) is 32.8 Å². The standard InChI is InChI=1S/C13H21N3O2S/c1-9-8-10(2)16-12(15-9)4-6-14-13(18)11(17)5-7-19-3/h8,11,17H,4-7H2,1-3H3,(H,14,18). The topological polar surface area (TPSA) is 75.1 Å². The van der Waals surface area contributed by atoms with Crippen LogP contribution in [0, 0.1) is 13.8 Å². The van der Waals surface area contributed by atoms with Crippen molar-refractivity contribution < 1.29 is 9.90 Å². The number of carbonyl (C=O) groups excluding carboxylic acids is 1. The minimum atomic E-state index is -0.924. The zero-order chi connectivity index (χ0) is 14.3. The molecular formula is C13H21N3O2S. The molecule has 0 aliphatic heterocycles. The first-order valence-electron chi connectivity index (χ1n) is 6.29. The van der Waals surface area contributed by atoms with Gasteiger partial charge in [-0.1, -0.05) is 0 Å². The summed E-state index contributed by atoms with van der Waals surface area (Å²) in [5.74, 6) is 1.17. The van der Waals surface area contributed by atoms with E-state index in [1.54, 1.807) is 11.8 Å². The average Bonchev–Trinajstić information content (AvgIpc) is 2.34. The highest BCUT2D eigenvalue weighted by Gasteiger charge is 2.13. The Morgan fingerprint density at radius 3 is 2.63 bits per heavy atom. The van der Waals surface area contributed by atoms with Crippen LogP contribution in [0.4, 0.5) is 0 Å². The predicted octanol–water partition coefficient (Wildman–Crippen LogP) is 0.866. The summed E-state index contributed by atoms with van der Waals surface area (Å²) in [6, 6.07) is 1.91. The number of aryl methyl sites for hydroxylation is 2. The minimum absolute atomic E-state index is 0.321. The molecule has 5 nitrogen and oxygen atoms in total. The number of nitrogens with zero attached hydrogens (tertiary/aromatic N) is 2. The summed E-state index contributed by atoms with van der Waals surface area (Å²) in [6.07, 6.45) is 2.08. The molecule has 0 aliphatic rings. The summed E-state index contributed by atoms with van der Waals surface area (Å²) < 4.78 is 0. The number of rotatable bonds is 7. The van der Waals surface area contributed by atoms with E-state index in [0.717, 1.165) is 23.0 Å².